The molecule has 19 heavy (non-hydrogen) atoms. The van der Waals surface area contributed by atoms with Crippen LogP contribution < -0.4 is 10.1 Å². The number of hydrogen-bond donors (Lipinski definition) is 1. The topological polar surface area (TPSA) is 38.3 Å². The zero-order valence-electron chi connectivity index (χ0n) is 12.1. The minimum atomic E-state index is -0.140. The standard InChI is InChI=1S/C16H25NO2/c1-3-5-6-16(18)19-15-9-7-14(8-10-15)11-13-17-12-4-2/h7-10,17H,3-6,11-13H2,1-2H3. The van der Waals surface area contributed by atoms with Crippen molar-refractivity contribution in [1.29, 1.82) is 0 Å². The molecule has 0 fully saturated rings. The number of carbonyl (C=O) groups excluding carboxylic acids is 1. The maximum Gasteiger partial charge on any atom is 0.311 e. The van der Waals surface area contributed by atoms with Crippen molar-refractivity contribution in [3.8, 4) is 5.75 Å². The Morgan fingerprint density at radius 2 is 1.84 bits per heavy atom. The molecule has 1 aromatic carbocycles. The molecule has 0 saturated heterocycles. The fourth-order valence-electron chi connectivity index (χ4n) is 1.76. The largest absolute Gasteiger partial charge is 0.427 e. The summed E-state index contributed by atoms with van der Waals surface area (Å²) in [7, 11) is 0. The molecule has 1 N–H and O–H groups in total. The van der Waals surface area contributed by atoms with Crippen LogP contribution >= 0.6 is 0 Å². The van der Waals surface area contributed by atoms with E-state index in [-0.39, 0.29) is 5.97 Å². The van der Waals surface area contributed by atoms with Gasteiger partial charge < -0.3 is 10.1 Å². The van der Waals surface area contributed by atoms with E-state index < -0.39 is 0 Å². The molecule has 0 unspecified atom stereocenters. The van der Waals surface area contributed by atoms with Gasteiger partial charge in [-0.3, -0.25) is 4.79 Å². The first-order valence-electron chi connectivity index (χ1n) is 7.26. The monoisotopic (exact) mass is 263 g/mol. The lowest BCUT2D eigenvalue weighted by molar-refractivity contribution is -0.134. The van der Waals surface area contributed by atoms with Gasteiger partial charge >= 0.3 is 5.97 Å². The van der Waals surface area contributed by atoms with E-state index in [0.717, 1.165) is 38.8 Å². The molecule has 3 nitrogen and oxygen atoms in total. The second kappa shape index (κ2) is 9.56. The van der Waals surface area contributed by atoms with Gasteiger partial charge in [-0.05, 0) is 50.0 Å². The van der Waals surface area contributed by atoms with Gasteiger partial charge in [0.25, 0.3) is 0 Å². The van der Waals surface area contributed by atoms with Crippen LogP contribution in [0.1, 0.15) is 45.1 Å². The molecule has 0 aliphatic carbocycles. The lowest BCUT2D eigenvalue weighted by atomic mass is 10.1. The number of nitrogens with one attached hydrogen (secondary N) is 1. The highest BCUT2D eigenvalue weighted by atomic mass is 16.5. The maximum atomic E-state index is 11.5. The molecular formula is C16H25NO2. The summed E-state index contributed by atoms with van der Waals surface area (Å²) < 4.78 is 5.26. The zero-order chi connectivity index (χ0) is 13.9. The first-order chi connectivity index (χ1) is 9.26. The Hall–Kier alpha value is -1.35. The third-order valence-corrected chi connectivity index (χ3v) is 2.91. The van der Waals surface area contributed by atoms with Gasteiger partial charge in [0.15, 0.2) is 0 Å². The molecular weight excluding hydrogens is 238 g/mol. The normalized spacial score (nSPS) is 10.4. The summed E-state index contributed by atoms with van der Waals surface area (Å²) in [4.78, 5) is 11.5. The van der Waals surface area contributed by atoms with Crippen molar-refractivity contribution in [2.45, 2.75) is 46.0 Å². The summed E-state index contributed by atoms with van der Waals surface area (Å²) in [5.41, 5.74) is 1.26. The molecule has 0 aliphatic heterocycles. The number of rotatable bonds is 9. The Labute approximate surface area is 116 Å². The smallest absolute Gasteiger partial charge is 0.311 e. The van der Waals surface area contributed by atoms with Crippen LogP contribution in [0, 0.1) is 0 Å². The van der Waals surface area contributed by atoms with Gasteiger partial charge in [0.2, 0.25) is 0 Å². The molecule has 106 valence electrons. The third kappa shape index (κ3) is 6.97. The molecule has 0 amide bonds. The highest BCUT2D eigenvalue weighted by Crippen LogP contribution is 2.13. The predicted octanol–water partition coefficient (Wildman–Crippen LogP) is 3.32. The van der Waals surface area contributed by atoms with Gasteiger partial charge in [0.1, 0.15) is 5.75 Å². The summed E-state index contributed by atoms with van der Waals surface area (Å²) in [6, 6.07) is 7.80. The van der Waals surface area contributed by atoms with E-state index in [0.29, 0.717) is 12.2 Å². The fourth-order valence-corrected chi connectivity index (χ4v) is 1.76. The second-order valence-electron chi connectivity index (χ2n) is 4.72. The van der Waals surface area contributed by atoms with Crippen molar-refractivity contribution in [2.75, 3.05) is 13.1 Å². The number of carbonyl (C=O) groups is 1. The van der Waals surface area contributed by atoms with Crippen LogP contribution in [0.25, 0.3) is 0 Å². The lowest BCUT2D eigenvalue weighted by Gasteiger charge is -2.06. The van der Waals surface area contributed by atoms with Gasteiger partial charge in [-0.2, -0.15) is 0 Å². The number of hydrogen-bond acceptors (Lipinski definition) is 3. The quantitative estimate of drug-likeness (QED) is 0.422. The van der Waals surface area contributed by atoms with Gasteiger partial charge in [0.05, 0.1) is 0 Å². The predicted molar refractivity (Wildman–Crippen MR) is 78.5 cm³/mol. The minimum absolute atomic E-state index is 0.140. The Kier molecular flexibility index (Phi) is 7.91. The summed E-state index contributed by atoms with van der Waals surface area (Å²) in [5.74, 6) is 0.505. The van der Waals surface area contributed by atoms with Gasteiger partial charge in [-0.25, -0.2) is 0 Å². The van der Waals surface area contributed by atoms with E-state index in [9.17, 15) is 4.79 Å². The van der Waals surface area contributed by atoms with Crippen molar-refractivity contribution in [2.24, 2.45) is 0 Å². The molecule has 0 heterocycles. The van der Waals surface area contributed by atoms with E-state index in [2.05, 4.69) is 19.2 Å². The SMILES string of the molecule is CCCCC(=O)Oc1ccc(CCNCCC)cc1. The summed E-state index contributed by atoms with van der Waals surface area (Å²) in [5, 5.41) is 3.37. The molecule has 0 atom stereocenters. The van der Waals surface area contributed by atoms with Crippen LogP contribution in [0.15, 0.2) is 24.3 Å². The third-order valence-electron chi connectivity index (χ3n) is 2.91. The molecule has 1 rings (SSSR count). The Morgan fingerprint density at radius 3 is 2.47 bits per heavy atom. The number of unbranched alkanes of at least 4 members (excludes halogenated alkanes) is 1. The Morgan fingerprint density at radius 1 is 1.11 bits per heavy atom. The molecule has 3 heteroatoms. The minimum Gasteiger partial charge on any atom is -0.427 e. The highest BCUT2D eigenvalue weighted by Gasteiger charge is 2.03. The first kappa shape index (κ1) is 15.7. The van der Waals surface area contributed by atoms with E-state index >= 15 is 0 Å². The number of ether oxygens (including phenoxy) is 1. The Bertz CT molecular complexity index is 360. The van der Waals surface area contributed by atoms with Gasteiger partial charge in [0, 0.05) is 6.42 Å². The van der Waals surface area contributed by atoms with E-state index in [1.54, 1.807) is 0 Å². The van der Waals surface area contributed by atoms with Crippen molar-refractivity contribution in [1.82, 2.24) is 5.32 Å². The van der Waals surface area contributed by atoms with Crippen LogP contribution in [-0.2, 0) is 11.2 Å². The molecule has 0 aromatic heterocycles. The first-order valence-corrected chi connectivity index (χ1v) is 7.26. The summed E-state index contributed by atoms with van der Waals surface area (Å²) >= 11 is 0. The van der Waals surface area contributed by atoms with E-state index in [1.807, 2.05) is 24.3 Å². The average Bonchev–Trinajstić information content (AvgIpc) is 2.43. The molecule has 0 radical (unpaired) electrons. The van der Waals surface area contributed by atoms with E-state index in [1.165, 1.54) is 5.56 Å². The van der Waals surface area contributed by atoms with Crippen LogP contribution in [-0.4, -0.2) is 19.1 Å². The van der Waals surface area contributed by atoms with Gasteiger partial charge in [-0.15, -0.1) is 0 Å². The van der Waals surface area contributed by atoms with Crippen LogP contribution in [0.3, 0.4) is 0 Å². The molecule has 1 aromatic rings. The lowest BCUT2D eigenvalue weighted by Crippen LogP contribution is -2.17. The average molecular weight is 263 g/mol. The molecule has 0 aliphatic rings. The summed E-state index contributed by atoms with van der Waals surface area (Å²) in [6.07, 6.45) is 4.56. The fraction of sp³-hybridized carbons (Fsp3) is 0.562. The van der Waals surface area contributed by atoms with Crippen molar-refractivity contribution in [3.63, 3.8) is 0 Å². The van der Waals surface area contributed by atoms with E-state index in [4.69, 9.17) is 4.74 Å². The van der Waals surface area contributed by atoms with Crippen LogP contribution in [0.4, 0.5) is 0 Å². The van der Waals surface area contributed by atoms with Crippen molar-refractivity contribution in [3.05, 3.63) is 29.8 Å². The van der Waals surface area contributed by atoms with Crippen LogP contribution in [0.5, 0.6) is 5.75 Å². The van der Waals surface area contributed by atoms with Gasteiger partial charge in [-0.1, -0.05) is 32.4 Å². The zero-order valence-corrected chi connectivity index (χ0v) is 12.1. The van der Waals surface area contributed by atoms with Crippen LogP contribution in [0.2, 0.25) is 0 Å². The second-order valence-corrected chi connectivity index (χ2v) is 4.72. The van der Waals surface area contributed by atoms with Crippen molar-refractivity contribution < 1.29 is 9.53 Å². The highest BCUT2D eigenvalue weighted by molar-refractivity contribution is 5.72. The number of esters is 1. The molecule has 0 saturated carbocycles. The Balaban J connectivity index is 2.32. The number of benzene rings is 1. The molecule has 0 bridgehead atoms. The van der Waals surface area contributed by atoms with Crippen molar-refractivity contribution >= 4 is 5.97 Å². The maximum absolute atomic E-state index is 11.5. The molecule has 0 spiro atoms. The summed E-state index contributed by atoms with van der Waals surface area (Å²) in [6.45, 7) is 6.28.